The van der Waals surface area contributed by atoms with Gasteiger partial charge in [-0.25, -0.2) is 0 Å². The molecule has 0 saturated heterocycles. The first kappa shape index (κ1) is 20.4. The number of nitrogens with one attached hydrogen (secondary N) is 2. The van der Waals surface area contributed by atoms with E-state index >= 15 is 0 Å². The van der Waals surface area contributed by atoms with Crippen LogP contribution in [0.3, 0.4) is 0 Å². The number of aromatic nitrogens is 1. The summed E-state index contributed by atoms with van der Waals surface area (Å²) in [6.45, 7) is 1.11. The molecule has 0 radical (unpaired) electrons. The standard InChI is InChI=1S/C19H22ClN3O4S/c1-23(19(25)13-3-4-21-18(13)26-2)5-7-28-8-6-27-16-9-12-10-17(24)22-15(12)11-14(16)20/h3-4,9,11,21H,5-8,10H2,1-2H3,(H,22,24). The van der Waals surface area contributed by atoms with Gasteiger partial charge in [0.05, 0.1) is 25.2 Å². The van der Waals surface area contributed by atoms with Crippen LogP contribution >= 0.6 is 23.4 Å². The van der Waals surface area contributed by atoms with E-state index in [2.05, 4.69) is 10.3 Å². The molecule has 0 saturated carbocycles. The van der Waals surface area contributed by atoms with Gasteiger partial charge in [0.15, 0.2) is 0 Å². The number of thioether (sulfide) groups is 1. The lowest BCUT2D eigenvalue weighted by Gasteiger charge is -2.17. The van der Waals surface area contributed by atoms with Crippen molar-refractivity contribution in [3.8, 4) is 11.6 Å². The van der Waals surface area contributed by atoms with E-state index in [0.717, 1.165) is 22.8 Å². The SMILES string of the molecule is COc1[nH]ccc1C(=O)N(C)CCSCCOc1cc2c(cc1Cl)NC(=O)C2. The van der Waals surface area contributed by atoms with Crippen molar-refractivity contribution in [1.82, 2.24) is 9.88 Å². The number of amides is 2. The van der Waals surface area contributed by atoms with Gasteiger partial charge < -0.3 is 24.7 Å². The van der Waals surface area contributed by atoms with Crippen LogP contribution < -0.4 is 14.8 Å². The number of methoxy groups -OCH3 is 1. The Hall–Kier alpha value is -2.32. The summed E-state index contributed by atoms with van der Waals surface area (Å²) in [6, 6.07) is 5.25. The molecule has 1 aromatic heterocycles. The van der Waals surface area contributed by atoms with Gasteiger partial charge in [-0.15, -0.1) is 0 Å². The summed E-state index contributed by atoms with van der Waals surface area (Å²) in [6.07, 6.45) is 2.03. The molecule has 0 fully saturated rings. The molecular formula is C19H22ClN3O4S. The highest BCUT2D eigenvalue weighted by atomic mass is 35.5. The zero-order chi connectivity index (χ0) is 20.1. The van der Waals surface area contributed by atoms with Gasteiger partial charge in [0, 0.05) is 37.0 Å². The van der Waals surface area contributed by atoms with Crippen LogP contribution in [0, 0.1) is 0 Å². The lowest BCUT2D eigenvalue weighted by atomic mass is 10.1. The zero-order valence-corrected chi connectivity index (χ0v) is 17.3. The summed E-state index contributed by atoms with van der Waals surface area (Å²) in [5.41, 5.74) is 2.18. The van der Waals surface area contributed by atoms with Crippen molar-refractivity contribution in [2.45, 2.75) is 6.42 Å². The van der Waals surface area contributed by atoms with Gasteiger partial charge in [0.2, 0.25) is 11.8 Å². The van der Waals surface area contributed by atoms with Crippen LogP contribution in [0.4, 0.5) is 5.69 Å². The largest absolute Gasteiger partial charge is 0.491 e. The summed E-state index contributed by atoms with van der Waals surface area (Å²) in [5, 5.41) is 3.24. The topological polar surface area (TPSA) is 83.7 Å². The fraction of sp³-hybridized carbons (Fsp3) is 0.368. The van der Waals surface area contributed by atoms with E-state index in [4.69, 9.17) is 21.1 Å². The molecule has 0 unspecified atom stereocenters. The number of hydrogen-bond acceptors (Lipinski definition) is 5. The maximum absolute atomic E-state index is 12.4. The fourth-order valence-electron chi connectivity index (χ4n) is 2.85. The number of ether oxygens (including phenoxy) is 2. The molecule has 1 aliphatic heterocycles. The molecule has 0 spiro atoms. The Balaban J connectivity index is 1.38. The fourth-order valence-corrected chi connectivity index (χ4v) is 3.88. The number of carbonyl (C=O) groups is 2. The van der Waals surface area contributed by atoms with Crippen LogP contribution in [0.25, 0.3) is 0 Å². The van der Waals surface area contributed by atoms with Gasteiger partial charge in [-0.1, -0.05) is 11.6 Å². The molecule has 1 aromatic carbocycles. The Kier molecular flexibility index (Phi) is 6.74. The third-order valence-electron chi connectivity index (χ3n) is 4.33. The van der Waals surface area contributed by atoms with Crippen molar-refractivity contribution >= 4 is 40.9 Å². The molecular weight excluding hydrogens is 402 g/mol. The third-order valence-corrected chi connectivity index (χ3v) is 5.55. The van der Waals surface area contributed by atoms with Crippen molar-refractivity contribution in [2.75, 3.05) is 44.1 Å². The zero-order valence-electron chi connectivity index (χ0n) is 15.7. The van der Waals surface area contributed by atoms with Crippen molar-refractivity contribution in [3.05, 3.63) is 40.5 Å². The third kappa shape index (κ3) is 4.74. The molecule has 0 aliphatic carbocycles. The predicted octanol–water partition coefficient (Wildman–Crippen LogP) is 3.06. The summed E-state index contributed by atoms with van der Waals surface area (Å²) < 4.78 is 10.9. The molecule has 2 N–H and O–H groups in total. The molecule has 0 bridgehead atoms. The smallest absolute Gasteiger partial charge is 0.259 e. The number of carbonyl (C=O) groups excluding carboxylic acids is 2. The Morgan fingerprint density at radius 2 is 2.18 bits per heavy atom. The highest BCUT2D eigenvalue weighted by Gasteiger charge is 2.20. The minimum absolute atomic E-state index is 0.0327. The number of hydrogen-bond donors (Lipinski definition) is 2. The van der Waals surface area contributed by atoms with Gasteiger partial charge in [-0.2, -0.15) is 11.8 Å². The van der Waals surface area contributed by atoms with E-state index in [1.165, 1.54) is 7.11 Å². The van der Waals surface area contributed by atoms with Gasteiger partial charge >= 0.3 is 0 Å². The summed E-state index contributed by atoms with van der Waals surface area (Å²) >= 11 is 7.90. The number of benzene rings is 1. The van der Waals surface area contributed by atoms with Gasteiger partial charge in [-0.05, 0) is 23.8 Å². The van der Waals surface area contributed by atoms with Crippen molar-refractivity contribution < 1.29 is 19.1 Å². The minimum atomic E-state index is -0.0805. The molecule has 7 nitrogen and oxygen atoms in total. The minimum Gasteiger partial charge on any atom is -0.491 e. The van der Waals surface area contributed by atoms with Crippen molar-refractivity contribution in [2.24, 2.45) is 0 Å². The van der Waals surface area contributed by atoms with Crippen LogP contribution in [0.1, 0.15) is 15.9 Å². The molecule has 3 rings (SSSR count). The monoisotopic (exact) mass is 423 g/mol. The van der Waals surface area contributed by atoms with Crippen molar-refractivity contribution in [1.29, 1.82) is 0 Å². The lowest BCUT2D eigenvalue weighted by molar-refractivity contribution is -0.115. The number of anilines is 1. The number of aromatic amines is 1. The number of H-pyrrole nitrogens is 1. The van der Waals surface area contributed by atoms with E-state index in [1.807, 2.05) is 6.07 Å². The molecule has 0 atom stereocenters. The Morgan fingerprint density at radius 3 is 2.96 bits per heavy atom. The average Bonchev–Trinajstić information content (AvgIpc) is 3.28. The highest BCUT2D eigenvalue weighted by Crippen LogP contribution is 2.34. The summed E-state index contributed by atoms with van der Waals surface area (Å²) in [5.74, 6) is 2.50. The Labute approximate surface area is 172 Å². The lowest BCUT2D eigenvalue weighted by Crippen LogP contribution is -2.29. The quantitative estimate of drug-likeness (QED) is 0.605. The highest BCUT2D eigenvalue weighted by molar-refractivity contribution is 7.99. The normalized spacial score (nSPS) is 12.5. The van der Waals surface area contributed by atoms with Crippen LogP contribution in [0.15, 0.2) is 24.4 Å². The molecule has 28 heavy (non-hydrogen) atoms. The second-order valence-electron chi connectivity index (χ2n) is 6.28. The van der Waals surface area contributed by atoms with Crippen LogP contribution in [0.2, 0.25) is 5.02 Å². The second kappa shape index (κ2) is 9.25. The maximum atomic E-state index is 12.4. The second-order valence-corrected chi connectivity index (χ2v) is 7.91. The van der Waals surface area contributed by atoms with Crippen LogP contribution in [-0.2, 0) is 11.2 Å². The molecule has 2 amide bonds. The number of halogens is 1. The Bertz CT molecular complexity index is 871. The van der Waals surface area contributed by atoms with Crippen LogP contribution in [0.5, 0.6) is 11.6 Å². The molecule has 2 aromatic rings. The molecule has 9 heteroatoms. The average molecular weight is 424 g/mol. The maximum Gasteiger partial charge on any atom is 0.259 e. The number of rotatable bonds is 9. The first-order valence-electron chi connectivity index (χ1n) is 8.79. The van der Waals surface area contributed by atoms with E-state index in [-0.39, 0.29) is 11.8 Å². The van der Waals surface area contributed by atoms with Gasteiger partial charge in [0.25, 0.3) is 5.91 Å². The van der Waals surface area contributed by atoms with E-state index in [0.29, 0.717) is 41.8 Å². The van der Waals surface area contributed by atoms with Crippen LogP contribution in [-0.4, -0.2) is 60.5 Å². The first-order valence-corrected chi connectivity index (χ1v) is 10.3. The van der Waals surface area contributed by atoms with E-state index in [9.17, 15) is 9.59 Å². The Morgan fingerprint density at radius 1 is 1.36 bits per heavy atom. The summed E-state index contributed by atoms with van der Waals surface area (Å²) in [7, 11) is 3.30. The predicted molar refractivity (Wildman–Crippen MR) is 111 cm³/mol. The van der Waals surface area contributed by atoms with E-state index < -0.39 is 0 Å². The van der Waals surface area contributed by atoms with Gasteiger partial charge in [0.1, 0.15) is 11.3 Å². The summed E-state index contributed by atoms with van der Waals surface area (Å²) in [4.78, 5) is 28.4. The van der Waals surface area contributed by atoms with Crippen molar-refractivity contribution in [3.63, 3.8) is 0 Å². The number of nitrogens with zero attached hydrogens (tertiary/aromatic N) is 1. The van der Waals surface area contributed by atoms with E-state index in [1.54, 1.807) is 42.0 Å². The molecule has 2 heterocycles. The van der Waals surface area contributed by atoms with Gasteiger partial charge in [-0.3, -0.25) is 9.59 Å². The molecule has 150 valence electrons. The number of fused-ring (bicyclic) bond motifs is 1. The first-order chi connectivity index (χ1) is 13.5. The molecule has 1 aliphatic rings.